The van der Waals surface area contributed by atoms with Crippen molar-refractivity contribution in [1.82, 2.24) is 15.1 Å². The fourth-order valence-electron chi connectivity index (χ4n) is 2.14. The molecule has 3 amide bonds. The van der Waals surface area contributed by atoms with Crippen LogP contribution < -0.4 is 10.6 Å². The molecule has 0 aliphatic carbocycles. The number of anilines is 2. The SMILES string of the molecule is CCOC(=O)Nc1nnc(SCC(=O)N(C)CC(=O)Nc2ccccc2C(F)(F)F)s1. The minimum Gasteiger partial charge on any atom is -0.450 e. The summed E-state index contributed by atoms with van der Waals surface area (Å²) in [4.78, 5) is 36.7. The molecule has 0 saturated carbocycles. The number of thioether (sulfide) groups is 1. The lowest BCUT2D eigenvalue weighted by molar-refractivity contribution is -0.137. The molecule has 14 heteroatoms. The maximum absolute atomic E-state index is 13.0. The van der Waals surface area contributed by atoms with Crippen LogP contribution in [0.4, 0.5) is 28.8 Å². The maximum atomic E-state index is 13.0. The minimum atomic E-state index is -4.62. The first-order valence-electron chi connectivity index (χ1n) is 8.70. The van der Waals surface area contributed by atoms with Gasteiger partial charge in [0.05, 0.1) is 30.2 Å². The summed E-state index contributed by atoms with van der Waals surface area (Å²) >= 11 is 2.07. The van der Waals surface area contributed by atoms with Gasteiger partial charge in [-0.2, -0.15) is 13.2 Å². The van der Waals surface area contributed by atoms with Crippen molar-refractivity contribution in [2.24, 2.45) is 0 Å². The molecule has 0 aliphatic heterocycles. The first-order valence-corrected chi connectivity index (χ1v) is 10.5. The second-order valence-electron chi connectivity index (χ2n) is 5.85. The largest absolute Gasteiger partial charge is 0.450 e. The number of halogens is 3. The van der Waals surface area contributed by atoms with Gasteiger partial charge in [0.2, 0.25) is 16.9 Å². The van der Waals surface area contributed by atoms with E-state index in [1.165, 1.54) is 19.2 Å². The van der Waals surface area contributed by atoms with Gasteiger partial charge >= 0.3 is 12.3 Å². The summed E-state index contributed by atoms with van der Waals surface area (Å²) in [6.45, 7) is 1.41. The number of hydrogen-bond acceptors (Lipinski definition) is 8. The highest BCUT2D eigenvalue weighted by Gasteiger charge is 2.33. The van der Waals surface area contributed by atoms with E-state index < -0.39 is 36.2 Å². The van der Waals surface area contributed by atoms with Crippen molar-refractivity contribution in [3.05, 3.63) is 29.8 Å². The molecule has 2 rings (SSSR count). The van der Waals surface area contributed by atoms with Crippen molar-refractivity contribution < 1.29 is 32.3 Å². The maximum Gasteiger partial charge on any atom is 0.418 e. The van der Waals surface area contributed by atoms with Crippen LogP contribution >= 0.6 is 23.1 Å². The highest BCUT2D eigenvalue weighted by atomic mass is 32.2. The van der Waals surface area contributed by atoms with Gasteiger partial charge < -0.3 is 15.0 Å². The molecular formula is C17H18F3N5O4S2. The Bertz CT molecular complexity index is 938. The van der Waals surface area contributed by atoms with E-state index in [-0.39, 0.29) is 23.2 Å². The number of aromatic nitrogens is 2. The molecule has 168 valence electrons. The normalized spacial score (nSPS) is 11.0. The van der Waals surface area contributed by atoms with Crippen molar-refractivity contribution in [3.63, 3.8) is 0 Å². The van der Waals surface area contributed by atoms with Gasteiger partial charge in [-0.15, -0.1) is 10.2 Å². The number of amides is 3. The van der Waals surface area contributed by atoms with Crippen molar-refractivity contribution in [1.29, 1.82) is 0 Å². The Kier molecular flexibility index (Phi) is 8.62. The minimum absolute atomic E-state index is 0.0864. The molecule has 0 saturated heterocycles. The highest BCUT2D eigenvalue weighted by Crippen LogP contribution is 2.34. The first-order chi connectivity index (χ1) is 14.6. The summed E-state index contributed by atoms with van der Waals surface area (Å²) in [6, 6.07) is 4.57. The number of hydrogen-bond donors (Lipinski definition) is 2. The number of carbonyl (C=O) groups is 3. The van der Waals surface area contributed by atoms with Crippen LogP contribution in [0.2, 0.25) is 0 Å². The molecule has 0 fully saturated rings. The lowest BCUT2D eigenvalue weighted by Crippen LogP contribution is -2.36. The zero-order valence-corrected chi connectivity index (χ0v) is 18.0. The highest BCUT2D eigenvalue weighted by molar-refractivity contribution is 8.01. The third-order valence-electron chi connectivity index (χ3n) is 3.52. The molecule has 1 aromatic heterocycles. The van der Waals surface area contributed by atoms with Crippen molar-refractivity contribution in [3.8, 4) is 0 Å². The van der Waals surface area contributed by atoms with E-state index in [0.717, 1.165) is 40.1 Å². The van der Waals surface area contributed by atoms with Crippen LogP contribution in [0.25, 0.3) is 0 Å². The summed E-state index contributed by atoms with van der Waals surface area (Å²) in [7, 11) is 1.35. The van der Waals surface area contributed by atoms with Gasteiger partial charge in [0.15, 0.2) is 4.34 Å². The van der Waals surface area contributed by atoms with Crippen LogP contribution in [0.1, 0.15) is 12.5 Å². The number of carbonyl (C=O) groups excluding carboxylic acids is 3. The van der Waals surface area contributed by atoms with E-state index in [9.17, 15) is 27.6 Å². The molecule has 0 aliphatic rings. The number of benzene rings is 1. The van der Waals surface area contributed by atoms with Gasteiger partial charge in [-0.1, -0.05) is 35.2 Å². The molecule has 0 spiro atoms. The van der Waals surface area contributed by atoms with Crippen LogP contribution in [-0.2, 0) is 20.5 Å². The number of nitrogens with zero attached hydrogens (tertiary/aromatic N) is 3. The van der Waals surface area contributed by atoms with Crippen molar-refractivity contribution in [2.45, 2.75) is 17.4 Å². The van der Waals surface area contributed by atoms with E-state index in [1.54, 1.807) is 6.92 Å². The van der Waals surface area contributed by atoms with E-state index in [1.807, 2.05) is 0 Å². The van der Waals surface area contributed by atoms with Crippen molar-refractivity contribution >= 4 is 51.8 Å². The number of rotatable bonds is 8. The molecule has 31 heavy (non-hydrogen) atoms. The number of alkyl halides is 3. The summed E-state index contributed by atoms with van der Waals surface area (Å²) in [5, 5.41) is 12.3. The Balaban J connectivity index is 1.84. The molecule has 2 aromatic rings. The van der Waals surface area contributed by atoms with Gasteiger partial charge in [-0.05, 0) is 19.1 Å². The molecule has 2 N–H and O–H groups in total. The Morgan fingerprint density at radius 2 is 1.90 bits per heavy atom. The monoisotopic (exact) mass is 477 g/mol. The van der Waals surface area contributed by atoms with Gasteiger partial charge in [0.1, 0.15) is 0 Å². The first kappa shape index (κ1) is 24.4. The van der Waals surface area contributed by atoms with Crippen LogP contribution in [-0.4, -0.2) is 59.0 Å². The van der Waals surface area contributed by atoms with Crippen molar-refractivity contribution in [2.75, 3.05) is 36.6 Å². The number of likely N-dealkylation sites (N-methyl/N-ethyl adjacent to an activating group) is 1. The van der Waals surface area contributed by atoms with E-state index in [2.05, 4.69) is 20.8 Å². The quantitative estimate of drug-likeness (QED) is 0.443. The Morgan fingerprint density at radius 3 is 2.58 bits per heavy atom. The van der Waals surface area contributed by atoms with Gasteiger partial charge in [-0.3, -0.25) is 14.9 Å². The van der Waals surface area contributed by atoms with Gasteiger partial charge in [0.25, 0.3) is 0 Å². The van der Waals surface area contributed by atoms with E-state index in [0.29, 0.717) is 4.34 Å². The third kappa shape index (κ3) is 7.71. The summed E-state index contributed by atoms with van der Waals surface area (Å²) < 4.78 is 44.1. The van der Waals surface area contributed by atoms with E-state index >= 15 is 0 Å². The zero-order valence-electron chi connectivity index (χ0n) is 16.4. The topological polar surface area (TPSA) is 114 Å². The lowest BCUT2D eigenvalue weighted by Gasteiger charge is -2.18. The second-order valence-corrected chi connectivity index (χ2v) is 8.05. The van der Waals surface area contributed by atoms with Crippen LogP contribution in [0.5, 0.6) is 0 Å². The summed E-state index contributed by atoms with van der Waals surface area (Å²) in [6.07, 6.45) is -5.30. The van der Waals surface area contributed by atoms with Gasteiger partial charge in [0, 0.05) is 7.05 Å². The van der Waals surface area contributed by atoms with Crippen LogP contribution in [0, 0.1) is 0 Å². The molecule has 0 atom stereocenters. The van der Waals surface area contributed by atoms with Gasteiger partial charge in [-0.25, -0.2) is 4.79 Å². The molecule has 1 heterocycles. The zero-order chi connectivity index (χ0) is 23.0. The smallest absolute Gasteiger partial charge is 0.418 e. The predicted molar refractivity (Wildman–Crippen MR) is 109 cm³/mol. The predicted octanol–water partition coefficient (Wildman–Crippen LogP) is 3.31. The Morgan fingerprint density at radius 1 is 1.19 bits per heavy atom. The van der Waals surface area contributed by atoms with Crippen LogP contribution in [0.15, 0.2) is 28.6 Å². The molecule has 0 bridgehead atoms. The Labute approximate surface area is 183 Å². The summed E-state index contributed by atoms with van der Waals surface area (Å²) in [5.41, 5.74) is -1.36. The standard InChI is InChI=1S/C17H18F3N5O4S2/c1-3-29-15(28)22-14-23-24-16(31-14)30-9-13(27)25(2)8-12(26)21-11-7-5-4-6-10(11)17(18,19)20/h4-7H,3,8-9H2,1-2H3,(H,21,26)(H,22,23,28). The number of ether oxygens (including phenoxy) is 1. The molecule has 9 nitrogen and oxygen atoms in total. The van der Waals surface area contributed by atoms with E-state index in [4.69, 9.17) is 4.74 Å². The Hall–Kier alpha value is -2.87. The number of nitrogens with one attached hydrogen (secondary N) is 2. The van der Waals surface area contributed by atoms with Crippen LogP contribution in [0.3, 0.4) is 0 Å². The average molecular weight is 477 g/mol. The fourth-order valence-corrected chi connectivity index (χ4v) is 3.82. The fraction of sp³-hybridized carbons (Fsp3) is 0.353. The molecule has 0 unspecified atom stereocenters. The summed E-state index contributed by atoms with van der Waals surface area (Å²) in [5.74, 6) is -1.30. The molecular weight excluding hydrogens is 459 g/mol. The molecule has 0 radical (unpaired) electrons. The lowest BCUT2D eigenvalue weighted by atomic mass is 10.1. The number of para-hydroxylation sites is 1. The molecule has 1 aromatic carbocycles. The second kappa shape index (κ2) is 10.9. The third-order valence-corrected chi connectivity index (χ3v) is 5.48. The average Bonchev–Trinajstić information content (AvgIpc) is 3.12.